The van der Waals surface area contributed by atoms with Crippen molar-refractivity contribution in [2.75, 3.05) is 0 Å². The predicted octanol–water partition coefficient (Wildman–Crippen LogP) is 20.6. The van der Waals surface area contributed by atoms with E-state index in [4.69, 9.17) is 0 Å². The van der Waals surface area contributed by atoms with Crippen LogP contribution in [0.5, 0.6) is 0 Å². The minimum Gasteiger partial charge on any atom is -0.309 e. The first-order chi connectivity index (χ1) is 36.7. The normalized spacial score (nSPS) is 12.3. The highest BCUT2D eigenvalue weighted by Crippen LogP contribution is 2.50. The summed E-state index contributed by atoms with van der Waals surface area (Å²) in [5, 5.41) is 20.4. The molecule has 2 nitrogen and oxygen atoms in total. The van der Waals surface area contributed by atoms with Gasteiger partial charge in [-0.1, -0.05) is 158 Å². The van der Waals surface area contributed by atoms with Gasteiger partial charge in [0.1, 0.15) is 0 Å². The summed E-state index contributed by atoms with van der Waals surface area (Å²) in [6.45, 7) is 0. The maximum Gasteiger partial charge on any atom is 0.0548 e. The lowest BCUT2D eigenvalue weighted by Crippen LogP contribution is -1.94. The van der Waals surface area contributed by atoms with E-state index in [9.17, 15) is 0 Å². The summed E-state index contributed by atoms with van der Waals surface area (Å²) in [6, 6.07) is 91.2. The van der Waals surface area contributed by atoms with Gasteiger partial charge in [-0.3, -0.25) is 0 Å². The van der Waals surface area contributed by atoms with Gasteiger partial charge in [-0.05, 0) is 150 Å². The van der Waals surface area contributed by atoms with Gasteiger partial charge in [0.2, 0.25) is 0 Å². The van der Waals surface area contributed by atoms with Crippen LogP contribution in [0.15, 0.2) is 243 Å². The zero-order chi connectivity index (χ0) is 48.2. The summed E-state index contributed by atoms with van der Waals surface area (Å²) in [5.74, 6) is 0. The van der Waals surface area contributed by atoms with Crippen molar-refractivity contribution in [3.05, 3.63) is 243 Å². The van der Waals surface area contributed by atoms with E-state index in [0.29, 0.717) is 0 Å². The first-order valence-electron chi connectivity index (χ1n) is 25.4. The average molecular weight is 973 g/mol. The van der Waals surface area contributed by atoms with Crippen LogP contribution in [0.1, 0.15) is 0 Å². The fourth-order valence-electron chi connectivity index (χ4n) is 12.9. The highest BCUT2D eigenvalue weighted by molar-refractivity contribution is 7.26. The molecule has 4 heteroatoms. The molecule has 0 unspecified atom stereocenters. The lowest BCUT2D eigenvalue weighted by molar-refractivity contribution is 1.19. The third-order valence-electron chi connectivity index (χ3n) is 16.0. The standard InChI is InChI=1S/C70H40N2S2/c1-3-15-43-37-47(29-25-41(43)13-1)71-57-31-27-45(39-55(57)67-59(71)33-35-63-69(67)53-21-9-11-23-61(53)73-63)65-49-17-5-7-19-51(49)66(52-20-8-6-18-50(52)65)46-28-32-58-56(40-46)68-60(34-36-64-70(68)54-22-10-12-24-62(54)74-64)72(58)48-30-26-42-14-2-4-16-44(42)38-48/h1-40H. The van der Waals surface area contributed by atoms with E-state index in [1.54, 1.807) is 0 Å². The summed E-state index contributed by atoms with van der Waals surface area (Å²) in [5.41, 5.74) is 12.1. The molecule has 17 rings (SSSR count). The van der Waals surface area contributed by atoms with E-state index in [-0.39, 0.29) is 0 Å². The molecule has 0 saturated heterocycles. The SMILES string of the molecule is c1ccc2cc(-n3c4ccc(-c5c6ccccc6c(-c6ccc7c(c6)c6c8c(ccc6n7-c6ccc7ccccc7c6)sc6ccccc68)c6ccccc56)cc4c4c5c(ccc43)sc3ccccc35)ccc2c1. The molecule has 74 heavy (non-hydrogen) atoms. The van der Waals surface area contributed by atoms with Gasteiger partial charge in [0, 0.05) is 73.3 Å². The van der Waals surface area contributed by atoms with Crippen molar-refractivity contribution in [3.63, 3.8) is 0 Å². The minimum atomic E-state index is 1.17. The fraction of sp³-hybridized carbons (Fsp3) is 0. The monoisotopic (exact) mass is 972 g/mol. The third kappa shape index (κ3) is 5.64. The van der Waals surface area contributed by atoms with Crippen LogP contribution in [0, 0.1) is 0 Å². The van der Waals surface area contributed by atoms with E-state index in [1.807, 2.05) is 22.7 Å². The molecule has 0 bridgehead atoms. The summed E-state index contributed by atoms with van der Waals surface area (Å²) in [6.07, 6.45) is 0. The Labute approximate surface area is 432 Å². The van der Waals surface area contributed by atoms with Crippen LogP contribution in [0.2, 0.25) is 0 Å². The third-order valence-corrected chi connectivity index (χ3v) is 18.3. The molecular weight excluding hydrogens is 933 g/mol. The van der Waals surface area contributed by atoms with Gasteiger partial charge in [0.25, 0.3) is 0 Å². The van der Waals surface area contributed by atoms with Crippen LogP contribution in [0.25, 0.3) is 161 Å². The number of benzene rings is 13. The van der Waals surface area contributed by atoms with Crippen LogP contribution < -0.4 is 0 Å². The number of hydrogen-bond donors (Lipinski definition) is 0. The van der Waals surface area contributed by atoms with Crippen molar-refractivity contribution in [2.24, 2.45) is 0 Å². The fourth-order valence-corrected chi connectivity index (χ4v) is 15.1. The molecule has 0 amide bonds. The van der Waals surface area contributed by atoms with E-state index in [0.717, 1.165) is 0 Å². The highest BCUT2D eigenvalue weighted by atomic mass is 32.1. The average Bonchev–Trinajstić information content (AvgIpc) is 4.21. The Hall–Kier alpha value is -9.06. The van der Waals surface area contributed by atoms with Gasteiger partial charge in [-0.2, -0.15) is 0 Å². The number of hydrogen-bond acceptors (Lipinski definition) is 2. The number of fused-ring (bicyclic) bond motifs is 18. The molecule has 342 valence electrons. The van der Waals surface area contributed by atoms with Crippen LogP contribution >= 0.6 is 22.7 Å². The van der Waals surface area contributed by atoms with Gasteiger partial charge >= 0.3 is 0 Å². The van der Waals surface area contributed by atoms with Crippen molar-refractivity contribution < 1.29 is 0 Å². The molecule has 0 N–H and O–H groups in total. The maximum absolute atomic E-state index is 2.50. The summed E-state index contributed by atoms with van der Waals surface area (Å²) < 4.78 is 10.2. The Bertz CT molecular complexity index is 4890. The summed E-state index contributed by atoms with van der Waals surface area (Å²) >= 11 is 3.78. The second-order valence-corrected chi connectivity index (χ2v) is 22.1. The van der Waals surface area contributed by atoms with Crippen LogP contribution in [-0.2, 0) is 0 Å². The lowest BCUT2D eigenvalue weighted by atomic mass is 9.85. The van der Waals surface area contributed by atoms with Crippen LogP contribution in [0.4, 0.5) is 0 Å². The maximum atomic E-state index is 2.50. The molecule has 0 aliphatic heterocycles. The van der Waals surface area contributed by atoms with Gasteiger partial charge in [0.15, 0.2) is 0 Å². The van der Waals surface area contributed by atoms with E-state index < -0.39 is 0 Å². The zero-order valence-corrected chi connectivity index (χ0v) is 41.4. The van der Waals surface area contributed by atoms with E-state index in [1.165, 1.54) is 161 Å². The Balaban J connectivity index is 0.939. The molecule has 0 fully saturated rings. The quantitative estimate of drug-likeness (QED) is 0.156. The molecule has 0 radical (unpaired) electrons. The Morgan fingerprint density at radius 1 is 0.230 bits per heavy atom. The molecular formula is C70H40N2S2. The topological polar surface area (TPSA) is 9.86 Å². The van der Waals surface area contributed by atoms with Crippen LogP contribution in [0.3, 0.4) is 0 Å². The van der Waals surface area contributed by atoms with Crippen molar-refractivity contribution in [3.8, 4) is 33.6 Å². The molecule has 17 aromatic rings. The Kier molecular flexibility index (Phi) is 8.34. The molecule has 0 spiro atoms. The number of aromatic nitrogens is 2. The first-order valence-corrected chi connectivity index (χ1v) is 27.0. The first kappa shape index (κ1) is 40.5. The van der Waals surface area contributed by atoms with Crippen LogP contribution in [-0.4, -0.2) is 9.13 Å². The smallest absolute Gasteiger partial charge is 0.0548 e. The minimum absolute atomic E-state index is 1.17. The molecule has 0 saturated carbocycles. The van der Waals surface area contributed by atoms with Crippen molar-refractivity contribution in [1.29, 1.82) is 0 Å². The second-order valence-electron chi connectivity index (χ2n) is 19.9. The molecule has 4 heterocycles. The molecule has 0 aliphatic rings. The largest absolute Gasteiger partial charge is 0.309 e. The predicted molar refractivity (Wildman–Crippen MR) is 322 cm³/mol. The van der Waals surface area contributed by atoms with Crippen molar-refractivity contribution in [2.45, 2.75) is 0 Å². The van der Waals surface area contributed by atoms with Crippen molar-refractivity contribution >= 4 is 150 Å². The second kappa shape index (κ2) is 15.2. The molecule has 0 aliphatic carbocycles. The lowest BCUT2D eigenvalue weighted by Gasteiger charge is -2.18. The highest BCUT2D eigenvalue weighted by Gasteiger charge is 2.24. The number of rotatable bonds is 4. The zero-order valence-electron chi connectivity index (χ0n) is 39.8. The van der Waals surface area contributed by atoms with Gasteiger partial charge < -0.3 is 9.13 Å². The Morgan fingerprint density at radius 3 is 1.03 bits per heavy atom. The van der Waals surface area contributed by atoms with Gasteiger partial charge in [0.05, 0.1) is 22.1 Å². The van der Waals surface area contributed by atoms with E-state index in [2.05, 4.69) is 252 Å². The number of nitrogens with zero attached hydrogens (tertiary/aromatic N) is 2. The molecule has 13 aromatic carbocycles. The van der Waals surface area contributed by atoms with Gasteiger partial charge in [-0.25, -0.2) is 0 Å². The molecule has 4 aromatic heterocycles. The van der Waals surface area contributed by atoms with E-state index >= 15 is 0 Å². The van der Waals surface area contributed by atoms with Gasteiger partial charge in [-0.15, -0.1) is 22.7 Å². The number of thiophene rings is 2. The Morgan fingerprint density at radius 2 is 0.595 bits per heavy atom. The molecule has 0 atom stereocenters. The van der Waals surface area contributed by atoms with Crippen molar-refractivity contribution in [1.82, 2.24) is 9.13 Å². The summed E-state index contributed by atoms with van der Waals surface area (Å²) in [7, 11) is 0. The summed E-state index contributed by atoms with van der Waals surface area (Å²) in [4.78, 5) is 0.